The van der Waals surface area contributed by atoms with Crippen LogP contribution < -0.4 is 15.4 Å². The number of carbonyl (C=O) groups excluding carboxylic acids is 3. The van der Waals surface area contributed by atoms with Crippen LogP contribution >= 0.6 is 11.6 Å². The summed E-state index contributed by atoms with van der Waals surface area (Å²) in [7, 11) is 1.53. The predicted molar refractivity (Wildman–Crippen MR) is 84.3 cm³/mol. The first-order valence-electron chi connectivity index (χ1n) is 6.95. The van der Waals surface area contributed by atoms with Crippen molar-refractivity contribution in [1.29, 1.82) is 0 Å². The second-order valence-corrected chi connectivity index (χ2v) is 5.99. The lowest BCUT2D eigenvalue weighted by atomic mass is 10.0. The van der Waals surface area contributed by atoms with Gasteiger partial charge >= 0.3 is 6.03 Å². The molecule has 1 aromatic rings. The third-order valence-electron chi connectivity index (χ3n) is 3.84. The number of ether oxygens (including phenoxy) is 1. The molecule has 1 aliphatic heterocycles. The summed E-state index contributed by atoms with van der Waals surface area (Å²) in [5.41, 5.74) is 0.474. The molecule has 4 amide bonds. The molecule has 1 fully saturated rings. The van der Waals surface area contributed by atoms with E-state index in [1.165, 1.54) is 12.0 Å². The second-order valence-electron chi connectivity index (χ2n) is 5.62. The Morgan fingerprint density at radius 1 is 1.39 bits per heavy atom. The van der Waals surface area contributed by atoms with Crippen molar-refractivity contribution in [1.82, 2.24) is 15.5 Å². The lowest BCUT2D eigenvalue weighted by molar-refractivity contribution is -0.126. The number of benzene rings is 1. The van der Waals surface area contributed by atoms with Gasteiger partial charge in [0, 0.05) is 6.54 Å². The van der Waals surface area contributed by atoms with Crippen molar-refractivity contribution in [2.45, 2.75) is 25.9 Å². The normalized spacial score (nSPS) is 20.0. The molecule has 124 valence electrons. The molecule has 1 aliphatic rings. The van der Waals surface area contributed by atoms with Crippen LogP contribution in [0.3, 0.4) is 0 Å². The SMILES string of the molecule is COc1ccc(CN(C=O)C[C@@]2(C)NC(=O)NC2=O)c(C)c1Cl. The third-order valence-corrected chi connectivity index (χ3v) is 4.31. The molecule has 23 heavy (non-hydrogen) atoms. The van der Waals surface area contributed by atoms with E-state index in [-0.39, 0.29) is 13.1 Å². The second kappa shape index (κ2) is 6.45. The van der Waals surface area contributed by atoms with Crippen LogP contribution in [-0.4, -0.2) is 42.4 Å². The van der Waals surface area contributed by atoms with Crippen LogP contribution in [0, 0.1) is 6.92 Å². The van der Waals surface area contributed by atoms with Crippen LogP contribution in [0.25, 0.3) is 0 Å². The Labute approximate surface area is 138 Å². The number of amides is 4. The van der Waals surface area contributed by atoms with Crippen molar-refractivity contribution in [2.75, 3.05) is 13.7 Å². The smallest absolute Gasteiger partial charge is 0.322 e. The molecule has 0 spiro atoms. The van der Waals surface area contributed by atoms with Gasteiger partial charge in [-0.25, -0.2) is 4.79 Å². The molecule has 1 saturated heterocycles. The Hall–Kier alpha value is -2.28. The van der Waals surface area contributed by atoms with E-state index in [0.29, 0.717) is 17.2 Å². The molecule has 0 aromatic heterocycles. The van der Waals surface area contributed by atoms with E-state index < -0.39 is 17.5 Å². The number of halogens is 1. The Morgan fingerprint density at radius 2 is 2.09 bits per heavy atom. The van der Waals surface area contributed by atoms with Gasteiger partial charge in [0.05, 0.1) is 18.7 Å². The molecule has 0 aliphatic carbocycles. The van der Waals surface area contributed by atoms with E-state index in [1.807, 2.05) is 13.0 Å². The molecule has 2 N–H and O–H groups in total. The Bertz CT molecular complexity index is 664. The minimum absolute atomic E-state index is 0.0527. The number of nitrogens with zero attached hydrogens (tertiary/aromatic N) is 1. The van der Waals surface area contributed by atoms with Gasteiger partial charge in [0.2, 0.25) is 6.41 Å². The molecule has 0 saturated carbocycles. The summed E-state index contributed by atoms with van der Waals surface area (Å²) in [6, 6.07) is 2.97. The summed E-state index contributed by atoms with van der Waals surface area (Å²) in [6.45, 7) is 3.71. The minimum Gasteiger partial charge on any atom is -0.495 e. The average Bonchev–Trinajstić information content (AvgIpc) is 2.75. The average molecular weight is 340 g/mol. The molecule has 1 atom stereocenters. The zero-order chi connectivity index (χ0) is 17.2. The molecule has 1 heterocycles. The van der Waals surface area contributed by atoms with E-state index >= 15 is 0 Å². The van der Waals surface area contributed by atoms with Crippen molar-refractivity contribution in [3.8, 4) is 5.75 Å². The van der Waals surface area contributed by atoms with Crippen LogP contribution in [0.1, 0.15) is 18.1 Å². The first-order chi connectivity index (χ1) is 10.8. The predicted octanol–water partition coefficient (Wildman–Crippen LogP) is 1.21. The quantitative estimate of drug-likeness (QED) is 0.602. The number of imide groups is 1. The van der Waals surface area contributed by atoms with E-state index in [2.05, 4.69) is 10.6 Å². The molecule has 0 bridgehead atoms. The van der Waals surface area contributed by atoms with Crippen LogP contribution in [0.2, 0.25) is 5.02 Å². The lowest BCUT2D eigenvalue weighted by Crippen LogP contribution is -2.52. The van der Waals surface area contributed by atoms with Crippen molar-refractivity contribution in [3.05, 3.63) is 28.3 Å². The highest BCUT2D eigenvalue weighted by Gasteiger charge is 2.43. The molecule has 2 rings (SSSR count). The van der Waals surface area contributed by atoms with Crippen LogP contribution in [0.15, 0.2) is 12.1 Å². The van der Waals surface area contributed by atoms with Crippen molar-refractivity contribution >= 4 is 29.9 Å². The number of nitrogens with one attached hydrogen (secondary N) is 2. The Kier molecular flexibility index (Phi) is 4.79. The number of urea groups is 1. The van der Waals surface area contributed by atoms with E-state index in [9.17, 15) is 14.4 Å². The van der Waals surface area contributed by atoms with E-state index in [0.717, 1.165) is 11.1 Å². The summed E-state index contributed by atoms with van der Waals surface area (Å²) in [5.74, 6) is 0.0961. The molecular formula is C15H18ClN3O4. The monoisotopic (exact) mass is 339 g/mol. The number of methoxy groups -OCH3 is 1. The third kappa shape index (κ3) is 3.39. The number of hydrogen-bond donors (Lipinski definition) is 2. The van der Waals surface area contributed by atoms with E-state index in [1.54, 1.807) is 13.0 Å². The van der Waals surface area contributed by atoms with Gasteiger partial charge in [-0.3, -0.25) is 14.9 Å². The van der Waals surface area contributed by atoms with Gasteiger partial charge in [0.1, 0.15) is 11.3 Å². The number of carbonyl (C=O) groups is 3. The maximum atomic E-state index is 11.8. The first kappa shape index (κ1) is 17.1. The highest BCUT2D eigenvalue weighted by molar-refractivity contribution is 6.32. The summed E-state index contributed by atoms with van der Waals surface area (Å²) in [4.78, 5) is 35.9. The summed E-state index contributed by atoms with van der Waals surface area (Å²) >= 11 is 6.21. The van der Waals surface area contributed by atoms with Gasteiger partial charge in [0.25, 0.3) is 5.91 Å². The highest BCUT2D eigenvalue weighted by Crippen LogP contribution is 2.30. The van der Waals surface area contributed by atoms with Crippen LogP contribution in [-0.2, 0) is 16.1 Å². The number of rotatable bonds is 6. The lowest BCUT2D eigenvalue weighted by Gasteiger charge is -2.28. The fraction of sp³-hybridized carbons (Fsp3) is 0.400. The maximum Gasteiger partial charge on any atom is 0.322 e. The summed E-state index contributed by atoms with van der Waals surface area (Å²) in [6.07, 6.45) is 0.639. The van der Waals surface area contributed by atoms with Crippen molar-refractivity contribution in [2.24, 2.45) is 0 Å². The van der Waals surface area contributed by atoms with Gasteiger partial charge in [-0.15, -0.1) is 0 Å². The molecule has 8 heteroatoms. The molecule has 1 aromatic carbocycles. The highest BCUT2D eigenvalue weighted by atomic mass is 35.5. The van der Waals surface area contributed by atoms with Crippen molar-refractivity contribution < 1.29 is 19.1 Å². The topological polar surface area (TPSA) is 87.7 Å². The Balaban J connectivity index is 2.17. The summed E-state index contributed by atoms with van der Waals surface area (Å²) < 4.78 is 5.15. The fourth-order valence-corrected chi connectivity index (χ4v) is 2.74. The molecule has 0 radical (unpaired) electrons. The fourth-order valence-electron chi connectivity index (χ4n) is 2.48. The zero-order valence-electron chi connectivity index (χ0n) is 13.1. The minimum atomic E-state index is -1.15. The van der Waals surface area contributed by atoms with E-state index in [4.69, 9.17) is 16.3 Å². The first-order valence-corrected chi connectivity index (χ1v) is 7.33. The molecule has 7 nitrogen and oxygen atoms in total. The standard InChI is InChI=1S/C15H18ClN3O4/c1-9-10(4-5-11(23-3)12(9)16)6-19(8-20)7-15(2)13(21)17-14(22)18-15/h4-5,8H,6-7H2,1-3H3,(H2,17,18,21,22)/t15-/m1/s1. The largest absolute Gasteiger partial charge is 0.495 e. The van der Waals surface area contributed by atoms with Gasteiger partial charge in [-0.2, -0.15) is 0 Å². The van der Waals surface area contributed by atoms with Gasteiger partial charge in [-0.05, 0) is 31.0 Å². The van der Waals surface area contributed by atoms with Gasteiger partial charge in [0.15, 0.2) is 0 Å². The molecule has 0 unspecified atom stereocenters. The Morgan fingerprint density at radius 3 is 2.61 bits per heavy atom. The number of hydrogen-bond acceptors (Lipinski definition) is 4. The van der Waals surface area contributed by atoms with Gasteiger partial charge in [-0.1, -0.05) is 17.7 Å². The van der Waals surface area contributed by atoms with Crippen molar-refractivity contribution in [3.63, 3.8) is 0 Å². The van der Waals surface area contributed by atoms with Crippen LogP contribution in [0.5, 0.6) is 5.75 Å². The summed E-state index contributed by atoms with van der Waals surface area (Å²) in [5, 5.41) is 5.18. The van der Waals surface area contributed by atoms with Crippen LogP contribution in [0.4, 0.5) is 4.79 Å². The van der Waals surface area contributed by atoms with Gasteiger partial charge < -0.3 is 15.0 Å². The molecular weight excluding hydrogens is 322 g/mol. The maximum absolute atomic E-state index is 11.8. The zero-order valence-corrected chi connectivity index (χ0v) is 13.9.